The molecule has 0 saturated heterocycles. The third-order valence-electron chi connectivity index (χ3n) is 5.60. The molecule has 1 amide bonds. The average molecular weight is 359 g/mol. The van der Waals surface area contributed by atoms with Gasteiger partial charge in [0.2, 0.25) is 0 Å². The molecule has 26 heavy (non-hydrogen) atoms. The van der Waals surface area contributed by atoms with Gasteiger partial charge in [-0.3, -0.25) is 4.90 Å². The zero-order valence-corrected chi connectivity index (χ0v) is 16.5. The second-order valence-electron chi connectivity index (χ2n) is 8.87. The van der Waals surface area contributed by atoms with Crippen LogP contribution in [0.25, 0.3) is 11.0 Å². The first kappa shape index (κ1) is 17.1. The SMILES string of the molecule is CC(C)C12CC1c1c(nc(N(C)C(=O)OC(C)(C)C)c3ncn(C)c13)N2.[HH]. The van der Waals surface area contributed by atoms with Crippen LogP contribution in [0.4, 0.5) is 16.4 Å². The van der Waals surface area contributed by atoms with Crippen molar-refractivity contribution in [2.75, 3.05) is 17.3 Å². The third-order valence-corrected chi connectivity index (χ3v) is 5.60. The first-order valence-electron chi connectivity index (χ1n) is 9.15. The zero-order chi connectivity index (χ0) is 19.0. The molecule has 2 aromatic rings. The molecule has 3 heterocycles. The van der Waals surface area contributed by atoms with Crippen molar-refractivity contribution in [1.29, 1.82) is 0 Å². The molecule has 1 fully saturated rings. The molecule has 1 saturated carbocycles. The molecule has 1 N–H and O–H groups in total. The van der Waals surface area contributed by atoms with Gasteiger partial charge < -0.3 is 14.6 Å². The first-order chi connectivity index (χ1) is 12.0. The van der Waals surface area contributed by atoms with Gasteiger partial charge in [0.05, 0.1) is 11.8 Å². The number of hydrogen-bond acceptors (Lipinski definition) is 5. The minimum Gasteiger partial charge on any atom is -0.443 e. The molecular formula is C19H29N5O2. The molecule has 0 spiro atoms. The quantitative estimate of drug-likeness (QED) is 0.880. The van der Waals surface area contributed by atoms with Crippen molar-refractivity contribution >= 4 is 28.8 Å². The summed E-state index contributed by atoms with van der Waals surface area (Å²) in [4.78, 5) is 23.3. The number of fused-ring (bicyclic) bond motifs is 5. The van der Waals surface area contributed by atoms with Crippen LogP contribution in [0.3, 0.4) is 0 Å². The van der Waals surface area contributed by atoms with Gasteiger partial charge in [-0.25, -0.2) is 14.8 Å². The second-order valence-corrected chi connectivity index (χ2v) is 8.87. The lowest BCUT2D eigenvalue weighted by Crippen LogP contribution is -2.35. The Balaban J connectivity index is 0.00000210. The predicted molar refractivity (Wildman–Crippen MR) is 104 cm³/mol. The summed E-state index contributed by atoms with van der Waals surface area (Å²) in [6.45, 7) is 10.0. The van der Waals surface area contributed by atoms with Crippen LogP contribution < -0.4 is 10.2 Å². The van der Waals surface area contributed by atoms with Gasteiger partial charge in [0.1, 0.15) is 16.9 Å². The van der Waals surface area contributed by atoms with Crippen LogP contribution in [0, 0.1) is 5.92 Å². The van der Waals surface area contributed by atoms with Gasteiger partial charge >= 0.3 is 6.09 Å². The van der Waals surface area contributed by atoms with Gasteiger partial charge in [0, 0.05) is 32.5 Å². The van der Waals surface area contributed by atoms with E-state index in [2.05, 4.69) is 24.1 Å². The summed E-state index contributed by atoms with van der Waals surface area (Å²) in [5, 5.41) is 3.64. The molecule has 142 valence electrons. The summed E-state index contributed by atoms with van der Waals surface area (Å²) in [5.41, 5.74) is 2.56. The maximum Gasteiger partial charge on any atom is 0.415 e. The third kappa shape index (κ3) is 2.29. The fraction of sp³-hybridized carbons (Fsp3) is 0.632. The Morgan fingerprint density at radius 3 is 2.81 bits per heavy atom. The fourth-order valence-corrected chi connectivity index (χ4v) is 4.10. The number of imidazole rings is 1. The lowest BCUT2D eigenvalue weighted by atomic mass is 9.99. The van der Waals surface area contributed by atoms with Gasteiger partial charge in [-0.2, -0.15) is 0 Å². The summed E-state index contributed by atoms with van der Waals surface area (Å²) < 4.78 is 7.54. The van der Waals surface area contributed by atoms with Crippen LogP contribution in [0.5, 0.6) is 0 Å². The number of amides is 1. The van der Waals surface area contributed by atoms with Crippen molar-refractivity contribution in [3.8, 4) is 0 Å². The standard InChI is InChI=1S/C19H27N5O2.H2/c1-10(2)19-8-11(19)12-14-13(20-9-23(14)6)16(21-15(12)22-19)24(7)17(25)26-18(3,4)5;/h9-11H,8H2,1-7H3,(H,21,22);1H. The van der Waals surface area contributed by atoms with Gasteiger partial charge in [-0.05, 0) is 33.1 Å². The van der Waals surface area contributed by atoms with E-state index in [1.165, 1.54) is 10.5 Å². The van der Waals surface area contributed by atoms with Gasteiger partial charge in [-0.1, -0.05) is 13.8 Å². The monoisotopic (exact) mass is 359 g/mol. The highest BCUT2D eigenvalue weighted by Gasteiger charge is 2.63. The van der Waals surface area contributed by atoms with E-state index in [4.69, 9.17) is 9.72 Å². The van der Waals surface area contributed by atoms with Crippen molar-refractivity contribution in [1.82, 2.24) is 14.5 Å². The van der Waals surface area contributed by atoms with Crippen molar-refractivity contribution < 1.29 is 11.0 Å². The minimum absolute atomic E-state index is 0. The van der Waals surface area contributed by atoms with E-state index >= 15 is 0 Å². The van der Waals surface area contributed by atoms with E-state index in [9.17, 15) is 4.79 Å². The molecule has 7 heteroatoms. The van der Waals surface area contributed by atoms with Crippen LogP contribution in [-0.2, 0) is 11.8 Å². The Labute approximate surface area is 155 Å². The van der Waals surface area contributed by atoms with Gasteiger partial charge in [0.25, 0.3) is 0 Å². The summed E-state index contributed by atoms with van der Waals surface area (Å²) in [6.07, 6.45) is 2.48. The van der Waals surface area contributed by atoms with Crippen molar-refractivity contribution in [2.45, 2.75) is 58.1 Å². The highest BCUT2D eigenvalue weighted by Crippen LogP contribution is 2.65. The molecule has 4 rings (SSSR count). The van der Waals surface area contributed by atoms with E-state index in [0.29, 0.717) is 17.7 Å². The number of aryl methyl sites for hydroxylation is 1. The number of rotatable bonds is 2. The summed E-state index contributed by atoms with van der Waals surface area (Å²) >= 11 is 0. The predicted octanol–water partition coefficient (Wildman–Crippen LogP) is 3.89. The van der Waals surface area contributed by atoms with Gasteiger partial charge in [-0.15, -0.1) is 0 Å². The van der Waals surface area contributed by atoms with Crippen LogP contribution >= 0.6 is 0 Å². The molecule has 7 nitrogen and oxygen atoms in total. The summed E-state index contributed by atoms with van der Waals surface area (Å²) in [6, 6.07) is 0. The van der Waals surface area contributed by atoms with Crippen LogP contribution in [0.15, 0.2) is 6.33 Å². The first-order valence-corrected chi connectivity index (χ1v) is 9.15. The smallest absolute Gasteiger partial charge is 0.415 e. The van der Waals surface area contributed by atoms with Crippen molar-refractivity contribution in [3.63, 3.8) is 0 Å². The Hall–Kier alpha value is -2.31. The second kappa shape index (κ2) is 5.11. The Kier molecular flexibility index (Phi) is 3.37. The lowest BCUT2D eigenvalue weighted by molar-refractivity contribution is 0.0588. The maximum atomic E-state index is 12.6. The van der Waals surface area contributed by atoms with E-state index < -0.39 is 11.7 Å². The topological polar surface area (TPSA) is 72.3 Å². The molecule has 1 aliphatic carbocycles. The van der Waals surface area contributed by atoms with E-state index in [1.807, 2.05) is 32.4 Å². The number of pyridine rings is 1. The molecular weight excluding hydrogens is 330 g/mol. The number of ether oxygens (including phenoxy) is 1. The molecule has 2 aliphatic rings. The Bertz CT molecular complexity index is 917. The van der Waals surface area contributed by atoms with E-state index in [1.54, 1.807) is 13.4 Å². The number of nitrogens with one attached hydrogen (secondary N) is 1. The molecule has 2 unspecified atom stereocenters. The maximum absolute atomic E-state index is 12.6. The number of aromatic nitrogens is 3. The van der Waals surface area contributed by atoms with Crippen LogP contribution in [0.1, 0.15) is 53.9 Å². The number of hydrogen-bond donors (Lipinski definition) is 1. The molecule has 0 bridgehead atoms. The van der Waals surface area contributed by atoms with E-state index in [-0.39, 0.29) is 6.97 Å². The van der Waals surface area contributed by atoms with Crippen molar-refractivity contribution in [3.05, 3.63) is 11.9 Å². The highest BCUT2D eigenvalue weighted by atomic mass is 16.6. The number of nitrogens with zero attached hydrogens (tertiary/aromatic N) is 4. The number of anilines is 2. The fourth-order valence-electron chi connectivity index (χ4n) is 4.10. The Morgan fingerprint density at radius 2 is 2.19 bits per heavy atom. The minimum atomic E-state index is -0.563. The highest BCUT2D eigenvalue weighted by molar-refractivity contribution is 6.00. The van der Waals surface area contributed by atoms with Gasteiger partial charge in [0.15, 0.2) is 5.82 Å². The molecule has 2 atom stereocenters. The number of carbonyl (C=O) groups excluding carboxylic acids is 1. The molecule has 1 aliphatic heterocycles. The summed E-state index contributed by atoms with van der Waals surface area (Å²) in [7, 11) is 3.68. The average Bonchev–Trinajstić information content (AvgIpc) is 2.98. The zero-order valence-electron chi connectivity index (χ0n) is 16.5. The number of carbonyl (C=O) groups is 1. The Morgan fingerprint density at radius 1 is 1.50 bits per heavy atom. The molecule has 0 aromatic carbocycles. The van der Waals surface area contributed by atoms with E-state index in [0.717, 1.165) is 23.3 Å². The van der Waals surface area contributed by atoms with Crippen LogP contribution in [-0.4, -0.2) is 38.8 Å². The largest absolute Gasteiger partial charge is 0.443 e. The lowest BCUT2D eigenvalue weighted by Gasteiger charge is -2.25. The van der Waals surface area contributed by atoms with Crippen LogP contribution in [0.2, 0.25) is 0 Å². The van der Waals surface area contributed by atoms with Crippen molar-refractivity contribution in [2.24, 2.45) is 13.0 Å². The summed E-state index contributed by atoms with van der Waals surface area (Å²) in [5.74, 6) is 2.37. The normalized spacial score (nSPS) is 23.6. The molecule has 2 aromatic heterocycles. The molecule has 0 radical (unpaired) electrons.